The van der Waals surface area contributed by atoms with Gasteiger partial charge in [-0.15, -0.1) is 0 Å². The van der Waals surface area contributed by atoms with Crippen LogP contribution in [0.5, 0.6) is 0 Å². The lowest BCUT2D eigenvalue weighted by atomic mass is 9.98. The van der Waals surface area contributed by atoms with Crippen LogP contribution >= 0.6 is 0 Å². The number of rotatable bonds is 5. The van der Waals surface area contributed by atoms with E-state index in [-0.39, 0.29) is 6.03 Å². The van der Waals surface area contributed by atoms with Crippen LogP contribution in [0, 0.1) is 5.92 Å². The van der Waals surface area contributed by atoms with Crippen LogP contribution in [0.15, 0.2) is 23.2 Å². The summed E-state index contributed by atoms with van der Waals surface area (Å²) in [6, 6.07) is -0.0588. The van der Waals surface area contributed by atoms with E-state index >= 15 is 0 Å². The Kier molecular flexibility index (Phi) is 4.18. The molecule has 2 fully saturated rings. The van der Waals surface area contributed by atoms with Gasteiger partial charge in [0.2, 0.25) is 5.89 Å². The van der Waals surface area contributed by atoms with Gasteiger partial charge in [0.25, 0.3) is 0 Å². The molecule has 1 saturated carbocycles. The number of piperidine rings is 1. The lowest BCUT2D eigenvalue weighted by Gasteiger charge is -2.32. The van der Waals surface area contributed by atoms with Crippen molar-refractivity contribution in [1.29, 1.82) is 0 Å². The van der Waals surface area contributed by atoms with Crippen molar-refractivity contribution in [3.8, 4) is 0 Å². The number of carbonyl (C=O) groups is 1. The molecule has 1 atom stereocenters. The van der Waals surface area contributed by atoms with Crippen LogP contribution in [0.3, 0.4) is 0 Å². The van der Waals surface area contributed by atoms with Gasteiger partial charge in [-0.2, -0.15) is 4.98 Å². The number of aromatic nitrogens is 4. The van der Waals surface area contributed by atoms with E-state index in [4.69, 9.17) is 4.52 Å². The Morgan fingerprint density at radius 3 is 3.08 bits per heavy atom. The number of nitrogens with zero attached hydrogens (tertiary/aromatic N) is 5. The molecule has 0 aromatic carbocycles. The van der Waals surface area contributed by atoms with Crippen molar-refractivity contribution in [3.63, 3.8) is 0 Å². The fraction of sp³-hybridized carbons (Fsp3) is 0.625. The van der Waals surface area contributed by atoms with Gasteiger partial charge in [0.15, 0.2) is 5.82 Å². The van der Waals surface area contributed by atoms with E-state index in [9.17, 15) is 4.79 Å². The summed E-state index contributed by atoms with van der Waals surface area (Å²) in [4.78, 5) is 22.7. The lowest BCUT2D eigenvalue weighted by molar-refractivity contribution is 0.158. The molecule has 3 heterocycles. The van der Waals surface area contributed by atoms with Gasteiger partial charge in [-0.05, 0) is 31.6 Å². The first-order valence-electron chi connectivity index (χ1n) is 8.59. The van der Waals surface area contributed by atoms with Crippen LogP contribution < -0.4 is 5.32 Å². The molecule has 0 bridgehead atoms. The lowest BCUT2D eigenvalue weighted by Crippen LogP contribution is -2.46. The Labute approximate surface area is 140 Å². The number of nitrogens with one attached hydrogen (secondary N) is 1. The molecule has 8 heteroatoms. The Balaban J connectivity index is 1.27. The summed E-state index contributed by atoms with van der Waals surface area (Å²) in [5.74, 6) is 2.18. The maximum atomic E-state index is 12.4. The summed E-state index contributed by atoms with van der Waals surface area (Å²) in [6.45, 7) is 2.75. The van der Waals surface area contributed by atoms with Crippen LogP contribution in [-0.4, -0.2) is 43.7 Å². The third-order valence-electron chi connectivity index (χ3n) is 4.65. The molecule has 4 rings (SSSR count). The fourth-order valence-corrected chi connectivity index (χ4v) is 3.20. The minimum Gasteiger partial charge on any atom is -0.337 e. The van der Waals surface area contributed by atoms with Crippen molar-refractivity contribution in [2.24, 2.45) is 5.92 Å². The summed E-state index contributed by atoms with van der Waals surface area (Å²) in [7, 11) is 0. The highest BCUT2D eigenvalue weighted by Crippen LogP contribution is 2.38. The second kappa shape index (κ2) is 6.62. The van der Waals surface area contributed by atoms with Crippen molar-refractivity contribution in [2.75, 3.05) is 13.1 Å². The van der Waals surface area contributed by atoms with E-state index in [1.54, 1.807) is 6.20 Å². The molecule has 2 aromatic heterocycles. The van der Waals surface area contributed by atoms with Crippen LogP contribution in [0.25, 0.3) is 0 Å². The monoisotopic (exact) mass is 330 g/mol. The van der Waals surface area contributed by atoms with Crippen molar-refractivity contribution in [2.45, 2.75) is 44.7 Å². The van der Waals surface area contributed by atoms with Gasteiger partial charge >= 0.3 is 6.03 Å². The van der Waals surface area contributed by atoms with Gasteiger partial charge in [-0.3, -0.25) is 0 Å². The number of imidazole rings is 1. The van der Waals surface area contributed by atoms with Crippen LogP contribution in [0.1, 0.15) is 43.3 Å². The minimum atomic E-state index is -0.0588. The van der Waals surface area contributed by atoms with Crippen molar-refractivity contribution < 1.29 is 9.32 Å². The molecular formula is C16H22N6O2. The van der Waals surface area contributed by atoms with Crippen molar-refractivity contribution in [3.05, 3.63) is 30.4 Å². The molecule has 1 aliphatic carbocycles. The van der Waals surface area contributed by atoms with Crippen molar-refractivity contribution in [1.82, 2.24) is 29.9 Å². The maximum absolute atomic E-state index is 12.4. The first kappa shape index (κ1) is 15.2. The SMILES string of the molecule is O=C(NCc1nc(C2CC2)no1)N1CCC[C@@H](Cn2ccnc2)C1. The Morgan fingerprint density at radius 2 is 2.29 bits per heavy atom. The van der Waals surface area contributed by atoms with Crippen molar-refractivity contribution >= 4 is 6.03 Å². The van der Waals surface area contributed by atoms with Gasteiger partial charge in [-0.25, -0.2) is 9.78 Å². The van der Waals surface area contributed by atoms with Gasteiger partial charge in [0.1, 0.15) is 0 Å². The highest BCUT2D eigenvalue weighted by molar-refractivity contribution is 5.74. The average Bonchev–Trinajstić information content (AvgIpc) is 3.12. The molecule has 128 valence electrons. The molecule has 24 heavy (non-hydrogen) atoms. The number of hydrogen-bond donors (Lipinski definition) is 1. The smallest absolute Gasteiger partial charge is 0.317 e. The molecule has 8 nitrogen and oxygen atoms in total. The molecule has 2 aromatic rings. The quantitative estimate of drug-likeness (QED) is 0.902. The minimum absolute atomic E-state index is 0.0588. The predicted octanol–water partition coefficient (Wildman–Crippen LogP) is 1.77. The average molecular weight is 330 g/mol. The fourth-order valence-electron chi connectivity index (χ4n) is 3.20. The highest BCUT2D eigenvalue weighted by Gasteiger charge is 2.29. The molecule has 1 aliphatic heterocycles. The number of amides is 2. The summed E-state index contributed by atoms with van der Waals surface area (Å²) < 4.78 is 7.26. The first-order valence-corrected chi connectivity index (χ1v) is 8.59. The normalized spacial score (nSPS) is 21.0. The topological polar surface area (TPSA) is 89.1 Å². The van der Waals surface area contributed by atoms with E-state index in [1.165, 1.54) is 0 Å². The van der Waals surface area contributed by atoms with E-state index in [1.807, 2.05) is 17.4 Å². The molecule has 1 saturated heterocycles. The number of likely N-dealkylation sites (tertiary alicyclic amines) is 1. The van der Waals surface area contributed by atoms with E-state index in [2.05, 4.69) is 25.0 Å². The molecule has 0 radical (unpaired) electrons. The number of urea groups is 1. The molecule has 0 spiro atoms. The summed E-state index contributed by atoms with van der Waals surface area (Å²) in [5.41, 5.74) is 0. The molecule has 1 N–H and O–H groups in total. The van der Waals surface area contributed by atoms with Gasteiger partial charge in [0.05, 0.1) is 12.9 Å². The predicted molar refractivity (Wildman–Crippen MR) is 85.0 cm³/mol. The largest absolute Gasteiger partial charge is 0.337 e. The summed E-state index contributed by atoms with van der Waals surface area (Å²) in [5, 5.41) is 6.86. The summed E-state index contributed by atoms with van der Waals surface area (Å²) >= 11 is 0. The number of carbonyl (C=O) groups excluding carboxylic acids is 1. The van der Waals surface area contributed by atoms with Crippen LogP contribution in [0.4, 0.5) is 4.79 Å². The molecule has 0 unspecified atom stereocenters. The van der Waals surface area contributed by atoms with E-state index < -0.39 is 0 Å². The second-order valence-electron chi connectivity index (χ2n) is 6.69. The summed E-state index contributed by atoms with van der Waals surface area (Å²) in [6.07, 6.45) is 10.0. The van der Waals surface area contributed by atoms with Gasteiger partial charge in [0, 0.05) is 37.9 Å². The van der Waals surface area contributed by atoms with Crippen LogP contribution in [-0.2, 0) is 13.1 Å². The Bertz CT molecular complexity index is 679. The van der Waals surface area contributed by atoms with E-state index in [0.29, 0.717) is 24.3 Å². The Hall–Kier alpha value is -2.38. The van der Waals surface area contributed by atoms with E-state index in [0.717, 1.165) is 51.1 Å². The Morgan fingerprint density at radius 1 is 1.38 bits per heavy atom. The highest BCUT2D eigenvalue weighted by atomic mass is 16.5. The third kappa shape index (κ3) is 3.58. The van der Waals surface area contributed by atoms with Crippen LogP contribution in [0.2, 0.25) is 0 Å². The zero-order valence-corrected chi connectivity index (χ0v) is 13.6. The second-order valence-corrected chi connectivity index (χ2v) is 6.69. The zero-order chi connectivity index (χ0) is 16.4. The third-order valence-corrected chi connectivity index (χ3v) is 4.65. The number of hydrogen-bond acceptors (Lipinski definition) is 5. The first-order chi connectivity index (χ1) is 11.8. The van der Waals surface area contributed by atoms with Gasteiger partial charge < -0.3 is 19.3 Å². The maximum Gasteiger partial charge on any atom is 0.317 e. The zero-order valence-electron chi connectivity index (χ0n) is 13.6. The molecule has 2 aliphatic rings. The molecule has 2 amide bonds. The molecular weight excluding hydrogens is 308 g/mol. The standard InChI is InChI=1S/C16H22N6O2/c23-16(18-8-14-19-15(20-24-14)13-3-4-13)22-6-1-2-12(10-22)9-21-7-5-17-11-21/h5,7,11-13H,1-4,6,8-10H2,(H,18,23)/t12-/m0/s1. The van der Waals surface area contributed by atoms with Gasteiger partial charge in [-0.1, -0.05) is 5.16 Å².